The molecule has 1 aromatic heterocycles. The average Bonchev–Trinajstić information content (AvgIpc) is 3.14. The first-order valence-corrected chi connectivity index (χ1v) is 9.93. The van der Waals surface area contributed by atoms with Crippen molar-refractivity contribution in [3.8, 4) is 11.4 Å². The number of carbonyl (C=O) groups is 1. The number of rotatable bonds is 4. The van der Waals surface area contributed by atoms with Crippen LogP contribution >= 0.6 is 11.6 Å². The Morgan fingerprint density at radius 2 is 1.90 bits per heavy atom. The number of amides is 1. The Kier molecular flexibility index (Phi) is 5.47. The first kappa shape index (κ1) is 20.6. The summed E-state index contributed by atoms with van der Waals surface area (Å²) in [7, 11) is 0. The van der Waals surface area contributed by atoms with Crippen molar-refractivity contribution in [3.63, 3.8) is 0 Å². The Balaban J connectivity index is 1.51. The highest BCUT2D eigenvalue weighted by molar-refractivity contribution is 6.33. The Hall–Kier alpha value is -3.66. The van der Waals surface area contributed by atoms with Gasteiger partial charge in [-0.3, -0.25) is 14.9 Å². The van der Waals surface area contributed by atoms with E-state index in [1.165, 1.54) is 28.9 Å². The molecule has 4 rings (SSSR count). The summed E-state index contributed by atoms with van der Waals surface area (Å²) < 4.78 is 1.43. The standard InChI is InChI=1S/C20H19ClN6O4/c1-13-19(26(23-22-13)14-3-2-4-16(28)11-14)20(29)25-9-7-24(8-10-25)18-6-5-15(27(30)31)12-17(18)21/h2-6,11-12,28H,7-10H2,1H3. The molecule has 0 unspecified atom stereocenters. The van der Waals surface area contributed by atoms with E-state index >= 15 is 0 Å². The van der Waals surface area contributed by atoms with Crippen molar-refractivity contribution in [3.05, 3.63) is 69.0 Å². The van der Waals surface area contributed by atoms with Gasteiger partial charge in [0.05, 0.1) is 27.0 Å². The maximum absolute atomic E-state index is 13.2. The van der Waals surface area contributed by atoms with E-state index in [0.29, 0.717) is 54.0 Å². The normalized spacial score (nSPS) is 14.0. The Morgan fingerprint density at radius 3 is 2.55 bits per heavy atom. The van der Waals surface area contributed by atoms with Gasteiger partial charge in [0.1, 0.15) is 5.75 Å². The molecule has 0 radical (unpaired) electrons. The highest BCUT2D eigenvalue weighted by Crippen LogP contribution is 2.30. The number of phenolic OH excluding ortho intramolecular Hbond substituents is 1. The van der Waals surface area contributed by atoms with Crippen molar-refractivity contribution >= 4 is 28.9 Å². The molecule has 160 valence electrons. The van der Waals surface area contributed by atoms with E-state index in [4.69, 9.17) is 11.6 Å². The number of aryl methyl sites for hydroxylation is 1. The number of phenols is 1. The van der Waals surface area contributed by atoms with Crippen LogP contribution in [0, 0.1) is 17.0 Å². The number of nitrogens with zero attached hydrogens (tertiary/aromatic N) is 6. The van der Waals surface area contributed by atoms with Crippen LogP contribution in [0.2, 0.25) is 5.02 Å². The van der Waals surface area contributed by atoms with Crippen LogP contribution in [-0.4, -0.2) is 62.0 Å². The van der Waals surface area contributed by atoms with Crippen LogP contribution in [0.3, 0.4) is 0 Å². The Labute approximate surface area is 182 Å². The number of benzene rings is 2. The van der Waals surface area contributed by atoms with E-state index in [-0.39, 0.29) is 17.3 Å². The van der Waals surface area contributed by atoms with Gasteiger partial charge in [-0.25, -0.2) is 4.68 Å². The van der Waals surface area contributed by atoms with E-state index in [9.17, 15) is 20.0 Å². The van der Waals surface area contributed by atoms with Crippen LogP contribution < -0.4 is 4.90 Å². The zero-order valence-corrected chi connectivity index (χ0v) is 17.4. The van der Waals surface area contributed by atoms with E-state index < -0.39 is 4.92 Å². The van der Waals surface area contributed by atoms with Gasteiger partial charge in [-0.05, 0) is 25.1 Å². The second-order valence-electron chi connectivity index (χ2n) is 7.13. The average molecular weight is 443 g/mol. The maximum Gasteiger partial charge on any atom is 0.274 e. The monoisotopic (exact) mass is 442 g/mol. The lowest BCUT2D eigenvalue weighted by Crippen LogP contribution is -2.49. The largest absolute Gasteiger partial charge is 0.508 e. The third-order valence-corrected chi connectivity index (χ3v) is 5.47. The number of aromatic hydroxyl groups is 1. The molecule has 11 heteroatoms. The van der Waals surface area contributed by atoms with Gasteiger partial charge in [0.2, 0.25) is 0 Å². The number of aromatic nitrogens is 3. The quantitative estimate of drug-likeness (QED) is 0.487. The van der Waals surface area contributed by atoms with Crippen molar-refractivity contribution in [2.45, 2.75) is 6.92 Å². The van der Waals surface area contributed by atoms with Gasteiger partial charge >= 0.3 is 0 Å². The smallest absolute Gasteiger partial charge is 0.274 e. The minimum absolute atomic E-state index is 0.0641. The highest BCUT2D eigenvalue weighted by Gasteiger charge is 2.28. The number of carbonyl (C=O) groups excluding carboxylic acids is 1. The molecule has 1 saturated heterocycles. The number of nitro benzene ring substituents is 1. The Morgan fingerprint density at radius 1 is 1.16 bits per heavy atom. The second kappa shape index (κ2) is 8.23. The molecule has 31 heavy (non-hydrogen) atoms. The van der Waals surface area contributed by atoms with Gasteiger partial charge in [0.25, 0.3) is 11.6 Å². The third-order valence-electron chi connectivity index (χ3n) is 5.17. The fourth-order valence-electron chi connectivity index (χ4n) is 3.57. The van der Waals surface area contributed by atoms with Crippen LogP contribution in [0.4, 0.5) is 11.4 Å². The lowest BCUT2D eigenvalue weighted by Gasteiger charge is -2.36. The van der Waals surface area contributed by atoms with Crippen molar-refractivity contribution in [2.75, 3.05) is 31.1 Å². The van der Waals surface area contributed by atoms with Crippen molar-refractivity contribution < 1.29 is 14.8 Å². The molecule has 1 N–H and O–H groups in total. The second-order valence-corrected chi connectivity index (χ2v) is 7.53. The summed E-state index contributed by atoms with van der Waals surface area (Å²) in [5.74, 6) is -0.141. The van der Waals surface area contributed by atoms with Crippen LogP contribution in [0.1, 0.15) is 16.2 Å². The molecule has 1 aliphatic rings. The van der Waals surface area contributed by atoms with E-state index in [1.807, 2.05) is 4.90 Å². The lowest BCUT2D eigenvalue weighted by atomic mass is 10.2. The summed E-state index contributed by atoms with van der Waals surface area (Å²) in [5.41, 5.74) is 2.01. The lowest BCUT2D eigenvalue weighted by molar-refractivity contribution is -0.384. The van der Waals surface area contributed by atoms with Gasteiger partial charge in [-0.15, -0.1) is 5.10 Å². The molecule has 0 bridgehead atoms. The van der Waals surface area contributed by atoms with E-state index in [2.05, 4.69) is 10.3 Å². The molecule has 1 aliphatic heterocycles. The molecule has 0 aliphatic carbocycles. The minimum atomic E-state index is -0.488. The molecule has 3 aromatic rings. The number of hydrogen-bond acceptors (Lipinski definition) is 7. The van der Waals surface area contributed by atoms with Gasteiger partial charge in [-0.2, -0.15) is 0 Å². The topological polar surface area (TPSA) is 118 Å². The van der Waals surface area contributed by atoms with Gasteiger partial charge in [0, 0.05) is 44.4 Å². The van der Waals surface area contributed by atoms with Crippen molar-refractivity contribution in [2.24, 2.45) is 0 Å². The summed E-state index contributed by atoms with van der Waals surface area (Å²) >= 11 is 6.24. The fraction of sp³-hybridized carbons (Fsp3) is 0.250. The zero-order chi connectivity index (χ0) is 22.1. The molecule has 1 amide bonds. The summed E-state index contributed by atoms with van der Waals surface area (Å²) in [4.78, 5) is 27.4. The molecule has 0 spiro atoms. The molecule has 0 atom stereocenters. The van der Waals surface area contributed by atoms with Gasteiger partial charge in [0.15, 0.2) is 5.69 Å². The van der Waals surface area contributed by atoms with E-state index in [0.717, 1.165) is 0 Å². The molecule has 0 saturated carbocycles. The van der Waals surface area contributed by atoms with E-state index in [1.54, 1.807) is 30.0 Å². The fourth-order valence-corrected chi connectivity index (χ4v) is 3.87. The van der Waals surface area contributed by atoms with Gasteiger partial charge < -0.3 is 14.9 Å². The molecular formula is C20H19ClN6O4. The number of halogens is 1. The number of non-ortho nitro benzene ring substituents is 1. The van der Waals surface area contributed by atoms with Crippen LogP contribution in [0.15, 0.2) is 42.5 Å². The summed E-state index contributed by atoms with van der Waals surface area (Å²) in [6, 6.07) is 10.8. The predicted octanol–water partition coefficient (Wildman–Crippen LogP) is 2.81. The summed E-state index contributed by atoms with van der Waals surface area (Å²) in [6.45, 7) is 3.64. The van der Waals surface area contributed by atoms with Crippen molar-refractivity contribution in [1.29, 1.82) is 0 Å². The minimum Gasteiger partial charge on any atom is -0.508 e. The molecular weight excluding hydrogens is 424 g/mol. The summed E-state index contributed by atoms with van der Waals surface area (Å²) in [5, 5.41) is 29.1. The highest BCUT2D eigenvalue weighted by atomic mass is 35.5. The zero-order valence-electron chi connectivity index (χ0n) is 16.6. The SMILES string of the molecule is Cc1nnn(-c2cccc(O)c2)c1C(=O)N1CCN(c2ccc([N+](=O)[O-])cc2Cl)CC1. The maximum atomic E-state index is 13.2. The number of piperazine rings is 1. The van der Waals surface area contributed by atoms with Crippen LogP contribution in [0.25, 0.3) is 5.69 Å². The molecule has 10 nitrogen and oxygen atoms in total. The van der Waals surface area contributed by atoms with Gasteiger partial charge in [-0.1, -0.05) is 22.9 Å². The first-order chi connectivity index (χ1) is 14.8. The number of anilines is 1. The first-order valence-electron chi connectivity index (χ1n) is 9.55. The van der Waals surface area contributed by atoms with Crippen molar-refractivity contribution in [1.82, 2.24) is 19.9 Å². The number of nitro groups is 1. The predicted molar refractivity (Wildman–Crippen MR) is 114 cm³/mol. The summed E-state index contributed by atoms with van der Waals surface area (Å²) in [6.07, 6.45) is 0. The third kappa shape index (κ3) is 4.02. The Bertz CT molecular complexity index is 1160. The van der Waals surface area contributed by atoms with Crippen LogP contribution in [0.5, 0.6) is 5.75 Å². The number of hydrogen-bond donors (Lipinski definition) is 1. The van der Waals surface area contributed by atoms with Crippen LogP contribution in [-0.2, 0) is 0 Å². The molecule has 1 fully saturated rings. The molecule has 2 aromatic carbocycles. The molecule has 2 heterocycles.